The number of ketones is 1. The molecular weight excluding hydrogens is 436 g/mol. The molecule has 0 aliphatic heterocycles. The molecule has 0 saturated heterocycles. The van der Waals surface area contributed by atoms with Crippen molar-refractivity contribution in [1.29, 1.82) is 0 Å². The number of hydrogen-bond acceptors (Lipinski definition) is 7. The molecule has 0 bridgehead atoms. The van der Waals surface area contributed by atoms with E-state index in [4.69, 9.17) is 14.2 Å². The van der Waals surface area contributed by atoms with Gasteiger partial charge in [-0.25, -0.2) is 0 Å². The molecule has 4 aliphatic rings. The summed E-state index contributed by atoms with van der Waals surface area (Å²) in [5.41, 5.74) is -0.534. The molecule has 2 saturated carbocycles. The number of allylic oxidation sites excluding steroid dienone is 4. The highest BCUT2D eigenvalue weighted by molar-refractivity contribution is 5.93. The third-order valence-corrected chi connectivity index (χ3v) is 9.30. The lowest BCUT2D eigenvalue weighted by Crippen LogP contribution is -2.59. The SMILES string of the molecule is CC(=O)OCC(=O)[C@@]1(OC(C)=O)CC[C@@H]2[C@H]3CC=C4C=C(OC(C)=O)CC[C@]4(C)[C@H]3CC[C@@]21C. The Bertz CT molecular complexity index is 977. The van der Waals surface area contributed by atoms with Crippen molar-refractivity contribution in [3.63, 3.8) is 0 Å². The Hall–Kier alpha value is -2.44. The lowest BCUT2D eigenvalue weighted by Gasteiger charge is -2.58. The van der Waals surface area contributed by atoms with Crippen molar-refractivity contribution in [2.45, 2.75) is 85.2 Å². The standard InChI is InChI=1S/C27H36O7/c1-16(28)32-15-24(31)27(34-18(3)30)13-10-23-21-7-6-19-14-20(33-17(2)29)8-11-25(19,4)22(21)9-12-26(23,27)5/h6,14,21-23H,7-13,15H2,1-5H3/t21-,22-,23+,25-,26-,27-/m0/s1. The highest BCUT2D eigenvalue weighted by atomic mass is 16.6. The third-order valence-electron chi connectivity index (χ3n) is 9.30. The summed E-state index contributed by atoms with van der Waals surface area (Å²) in [7, 11) is 0. The number of carbonyl (C=O) groups excluding carboxylic acids is 4. The maximum Gasteiger partial charge on any atom is 0.307 e. The molecule has 186 valence electrons. The summed E-state index contributed by atoms with van der Waals surface area (Å²) >= 11 is 0. The molecule has 0 spiro atoms. The van der Waals surface area contributed by atoms with Crippen molar-refractivity contribution in [3.8, 4) is 0 Å². The largest absolute Gasteiger partial charge is 0.458 e. The highest BCUT2D eigenvalue weighted by Gasteiger charge is 2.68. The van der Waals surface area contributed by atoms with Gasteiger partial charge in [0.2, 0.25) is 5.78 Å². The molecule has 7 nitrogen and oxygen atoms in total. The van der Waals surface area contributed by atoms with E-state index in [9.17, 15) is 19.2 Å². The Labute approximate surface area is 201 Å². The molecule has 0 aromatic rings. The molecule has 7 heteroatoms. The molecule has 0 heterocycles. The monoisotopic (exact) mass is 472 g/mol. The average Bonchev–Trinajstić information content (AvgIpc) is 3.04. The zero-order chi connectivity index (χ0) is 24.9. The van der Waals surface area contributed by atoms with Crippen LogP contribution in [0.25, 0.3) is 0 Å². The maximum atomic E-state index is 13.4. The smallest absolute Gasteiger partial charge is 0.307 e. The van der Waals surface area contributed by atoms with E-state index < -0.39 is 23.0 Å². The molecule has 0 unspecified atom stereocenters. The number of fused-ring (bicyclic) bond motifs is 5. The first-order valence-corrected chi connectivity index (χ1v) is 12.4. The summed E-state index contributed by atoms with van der Waals surface area (Å²) in [6, 6.07) is 0. The van der Waals surface area contributed by atoms with Gasteiger partial charge in [-0.15, -0.1) is 0 Å². The summed E-state index contributed by atoms with van der Waals surface area (Å²) in [6.45, 7) is 8.09. The fourth-order valence-electron chi connectivity index (χ4n) is 7.77. The Morgan fingerprint density at radius 2 is 1.65 bits per heavy atom. The van der Waals surface area contributed by atoms with Crippen LogP contribution in [0.1, 0.15) is 79.6 Å². The third kappa shape index (κ3) is 3.81. The van der Waals surface area contributed by atoms with E-state index in [0.29, 0.717) is 18.3 Å². The van der Waals surface area contributed by atoms with Crippen LogP contribution in [0.2, 0.25) is 0 Å². The Morgan fingerprint density at radius 1 is 0.941 bits per heavy atom. The van der Waals surface area contributed by atoms with Gasteiger partial charge in [-0.2, -0.15) is 0 Å². The number of carbonyl (C=O) groups is 4. The van der Waals surface area contributed by atoms with Gasteiger partial charge < -0.3 is 14.2 Å². The van der Waals surface area contributed by atoms with Crippen LogP contribution in [0.3, 0.4) is 0 Å². The van der Waals surface area contributed by atoms with Crippen LogP contribution >= 0.6 is 0 Å². The molecule has 34 heavy (non-hydrogen) atoms. The van der Waals surface area contributed by atoms with Crippen molar-refractivity contribution in [1.82, 2.24) is 0 Å². The minimum atomic E-state index is -1.26. The van der Waals surface area contributed by atoms with E-state index in [2.05, 4.69) is 26.0 Å². The van der Waals surface area contributed by atoms with Gasteiger partial charge in [-0.3, -0.25) is 19.2 Å². The molecule has 6 atom stereocenters. The molecule has 0 N–H and O–H groups in total. The Morgan fingerprint density at radius 3 is 2.29 bits per heavy atom. The normalized spacial score (nSPS) is 38.3. The summed E-state index contributed by atoms with van der Waals surface area (Å²) < 4.78 is 16.3. The lowest BCUT2D eigenvalue weighted by molar-refractivity contribution is -0.190. The first-order valence-electron chi connectivity index (χ1n) is 12.4. The molecule has 0 amide bonds. The fourth-order valence-corrected chi connectivity index (χ4v) is 7.77. The van der Waals surface area contributed by atoms with Gasteiger partial charge in [-0.05, 0) is 73.3 Å². The number of ether oxygens (including phenoxy) is 3. The van der Waals surface area contributed by atoms with Crippen LogP contribution in [-0.4, -0.2) is 35.9 Å². The number of rotatable bonds is 5. The summed E-state index contributed by atoms with van der Waals surface area (Å²) in [6.07, 6.45) is 9.81. The van der Waals surface area contributed by atoms with Crippen molar-refractivity contribution >= 4 is 23.7 Å². The van der Waals surface area contributed by atoms with Gasteiger partial charge in [0.15, 0.2) is 12.2 Å². The summed E-state index contributed by atoms with van der Waals surface area (Å²) in [4.78, 5) is 48.4. The minimum absolute atomic E-state index is 0.0116. The Balaban J connectivity index is 1.65. The molecule has 4 rings (SSSR count). The van der Waals surface area contributed by atoms with Gasteiger partial charge in [0.1, 0.15) is 5.76 Å². The number of esters is 3. The number of Topliss-reactive ketones (excluding diaryl/α,β-unsaturated/α-hetero) is 1. The second-order valence-electron chi connectivity index (χ2n) is 11.0. The topological polar surface area (TPSA) is 96.0 Å². The predicted octanol–water partition coefficient (Wildman–Crippen LogP) is 4.44. The van der Waals surface area contributed by atoms with Crippen LogP contribution in [0.5, 0.6) is 0 Å². The summed E-state index contributed by atoms with van der Waals surface area (Å²) in [5, 5.41) is 0. The molecular formula is C27H36O7. The van der Waals surface area contributed by atoms with E-state index in [1.807, 2.05) is 0 Å². The number of hydrogen-bond donors (Lipinski definition) is 0. The zero-order valence-corrected chi connectivity index (χ0v) is 20.9. The predicted molar refractivity (Wildman–Crippen MR) is 123 cm³/mol. The second kappa shape index (κ2) is 8.65. The fraction of sp³-hybridized carbons (Fsp3) is 0.704. The van der Waals surface area contributed by atoms with Crippen molar-refractivity contribution in [2.24, 2.45) is 28.6 Å². The Kier molecular flexibility index (Phi) is 6.28. The molecule has 0 aromatic heterocycles. The van der Waals surface area contributed by atoms with Crippen LogP contribution in [0.4, 0.5) is 0 Å². The van der Waals surface area contributed by atoms with E-state index >= 15 is 0 Å². The molecule has 0 radical (unpaired) electrons. The van der Waals surface area contributed by atoms with E-state index in [0.717, 1.165) is 44.3 Å². The van der Waals surface area contributed by atoms with Crippen LogP contribution < -0.4 is 0 Å². The maximum absolute atomic E-state index is 13.4. The van der Waals surface area contributed by atoms with Gasteiger partial charge in [0.05, 0.1) is 0 Å². The van der Waals surface area contributed by atoms with Crippen LogP contribution in [0.15, 0.2) is 23.5 Å². The first-order chi connectivity index (χ1) is 15.9. The quantitative estimate of drug-likeness (QED) is 0.431. The van der Waals surface area contributed by atoms with Crippen molar-refractivity contribution in [3.05, 3.63) is 23.5 Å². The average molecular weight is 473 g/mol. The van der Waals surface area contributed by atoms with Gasteiger partial charge in [0.25, 0.3) is 0 Å². The summed E-state index contributed by atoms with van der Waals surface area (Å²) in [5.74, 6) is 0.170. The second-order valence-corrected chi connectivity index (χ2v) is 11.0. The van der Waals surface area contributed by atoms with E-state index in [-0.39, 0.29) is 29.7 Å². The molecule has 4 aliphatic carbocycles. The minimum Gasteiger partial charge on any atom is -0.458 e. The van der Waals surface area contributed by atoms with Crippen LogP contribution in [-0.2, 0) is 33.4 Å². The lowest BCUT2D eigenvalue weighted by atomic mass is 9.47. The molecule has 0 aromatic carbocycles. The van der Waals surface area contributed by atoms with Crippen molar-refractivity contribution < 1.29 is 33.4 Å². The zero-order valence-electron chi connectivity index (χ0n) is 20.9. The van der Waals surface area contributed by atoms with Crippen molar-refractivity contribution in [2.75, 3.05) is 6.61 Å². The van der Waals surface area contributed by atoms with Gasteiger partial charge >= 0.3 is 17.9 Å². The van der Waals surface area contributed by atoms with Crippen LogP contribution in [0, 0.1) is 28.6 Å². The highest BCUT2D eigenvalue weighted by Crippen LogP contribution is 2.67. The molecule has 2 fully saturated rings. The van der Waals surface area contributed by atoms with E-state index in [1.165, 1.54) is 26.3 Å². The first kappa shape index (κ1) is 24.7. The van der Waals surface area contributed by atoms with Gasteiger partial charge in [-0.1, -0.05) is 19.9 Å². The van der Waals surface area contributed by atoms with E-state index in [1.54, 1.807) is 0 Å². The van der Waals surface area contributed by atoms with Gasteiger partial charge in [0, 0.05) is 32.6 Å².